The molecule has 1 aromatic heterocycles. The van der Waals surface area contributed by atoms with Gasteiger partial charge in [0.05, 0.1) is 0 Å². The summed E-state index contributed by atoms with van der Waals surface area (Å²) in [6, 6.07) is 3.69. The summed E-state index contributed by atoms with van der Waals surface area (Å²) in [4.78, 5) is 11.1. The normalized spacial score (nSPS) is 16.2. The van der Waals surface area contributed by atoms with Gasteiger partial charge in [0, 0.05) is 19.2 Å². The van der Waals surface area contributed by atoms with Crippen molar-refractivity contribution in [3.8, 4) is 0 Å². The quantitative estimate of drug-likeness (QED) is 0.567. The molecule has 2 rings (SSSR count). The molecule has 0 fully saturated rings. The lowest BCUT2D eigenvalue weighted by Crippen LogP contribution is -2.27. The highest BCUT2D eigenvalue weighted by Gasteiger charge is 2.14. The Bertz CT molecular complexity index is 264. The van der Waals surface area contributed by atoms with E-state index in [-0.39, 0.29) is 5.78 Å². The Morgan fingerprint density at radius 3 is 3.30 bits per heavy atom. The Kier molecular flexibility index (Phi) is 1.03. The molecule has 3 heteroatoms. The maximum atomic E-state index is 11.1. The third-order valence-corrected chi connectivity index (χ3v) is 1.67. The number of hydrogen-bond acceptors (Lipinski definition) is 2. The molecule has 0 bridgehead atoms. The second kappa shape index (κ2) is 1.87. The van der Waals surface area contributed by atoms with E-state index in [0.717, 1.165) is 12.2 Å². The van der Waals surface area contributed by atoms with Crippen LogP contribution in [0.2, 0.25) is 0 Å². The van der Waals surface area contributed by atoms with E-state index < -0.39 is 0 Å². The van der Waals surface area contributed by atoms with E-state index in [2.05, 4.69) is 5.43 Å². The predicted octanol–water partition coefficient (Wildman–Crippen LogP) is 0.618. The van der Waals surface area contributed by atoms with E-state index in [0.29, 0.717) is 6.42 Å². The molecule has 1 aliphatic rings. The van der Waals surface area contributed by atoms with Crippen molar-refractivity contribution < 1.29 is 4.79 Å². The molecule has 0 saturated carbocycles. The van der Waals surface area contributed by atoms with Crippen LogP contribution in [0.15, 0.2) is 18.3 Å². The number of carbonyl (C=O) groups is 1. The van der Waals surface area contributed by atoms with Gasteiger partial charge in [-0.25, -0.2) is 0 Å². The molecule has 52 valence electrons. The first-order valence-corrected chi connectivity index (χ1v) is 3.32. The smallest absolute Gasteiger partial charge is 0.182 e. The van der Waals surface area contributed by atoms with Crippen LogP contribution in [0, 0.1) is 0 Å². The number of aromatic nitrogens is 1. The van der Waals surface area contributed by atoms with Crippen molar-refractivity contribution in [3.63, 3.8) is 0 Å². The van der Waals surface area contributed by atoms with Crippen LogP contribution in [0.4, 0.5) is 0 Å². The third kappa shape index (κ3) is 0.635. The molecule has 1 aromatic rings. The molecule has 0 aliphatic carbocycles. The summed E-state index contributed by atoms with van der Waals surface area (Å²) >= 11 is 0. The van der Waals surface area contributed by atoms with Gasteiger partial charge in [0.25, 0.3) is 0 Å². The van der Waals surface area contributed by atoms with Gasteiger partial charge in [-0.05, 0) is 12.1 Å². The number of hydrogen-bond donors (Lipinski definition) is 1. The molecule has 0 aromatic carbocycles. The summed E-state index contributed by atoms with van der Waals surface area (Å²) in [6.07, 6.45) is 2.47. The van der Waals surface area contributed by atoms with Crippen LogP contribution in [0.1, 0.15) is 16.9 Å². The number of carbonyl (C=O) groups excluding carboxylic acids is 1. The minimum atomic E-state index is 0.226. The molecule has 0 amide bonds. The second-order valence-electron chi connectivity index (χ2n) is 2.34. The summed E-state index contributed by atoms with van der Waals surface area (Å²) < 4.78 is 1.77. The van der Waals surface area contributed by atoms with Crippen LogP contribution in [0.5, 0.6) is 0 Å². The van der Waals surface area contributed by atoms with Gasteiger partial charge in [-0.1, -0.05) is 0 Å². The van der Waals surface area contributed by atoms with Gasteiger partial charge in [-0.3, -0.25) is 9.47 Å². The molecule has 3 nitrogen and oxygen atoms in total. The fraction of sp³-hybridized carbons (Fsp3) is 0.286. The number of rotatable bonds is 0. The Labute approximate surface area is 58.6 Å². The monoisotopic (exact) mass is 136 g/mol. The Morgan fingerprint density at radius 1 is 1.60 bits per heavy atom. The Morgan fingerprint density at radius 2 is 2.50 bits per heavy atom. The lowest BCUT2D eigenvalue weighted by atomic mass is 10.2. The van der Waals surface area contributed by atoms with Crippen molar-refractivity contribution in [2.75, 3.05) is 12.0 Å². The summed E-state index contributed by atoms with van der Waals surface area (Å²) in [6.45, 7) is 0.751. The van der Waals surface area contributed by atoms with Gasteiger partial charge in [0.2, 0.25) is 0 Å². The Hall–Kier alpha value is -1.25. The number of Topliss-reactive ketones (excluding diaryl/α,β-unsaturated/α-hetero) is 1. The molecule has 1 N–H and O–H groups in total. The molecule has 0 radical (unpaired) electrons. The zero-order valence-electron chi connectivity index (χ0n) is 5.50. The average molecular weight is 136 g/mol. The summed E-state index contributed by atoms with van der Waals surface area (Å²) in [5.74, 6) is 0.226. The number of nitrogens with zero attached hydrogens (tertiary/aromatic N) is 1. The largest absolute Gasteiger partial charge is 0.325 e. The van der Waals surface area contributed by atoms with Crippen LogP contribution < -0.4 is 5.43 Å². The van der Waals surface area contributed by atoms with Crippen LogP contribution in [-0.4, -0.2) is 17.0 Å². The highest BCUT2D eigenvalue weighted by molar-refractivity contribution is 5.95. The SMILES string of the molecule is O=C1CCNn2cccc21. The molecule has 1 aliphatic heterocycles. The first-order valence-electron chi connectivity index (χ1n) is 3.32. The van der Waals surface area contributed by atoms with Crippen LogP contribution in [0.3, 0.4) is 0 Å². The van der Waals surface area contributed by atoms with E-state index in [1.165, 1.54) is 0 Å². The van der Waals surface area contributed by atoms with Crippen LogP contribution >= 0.6 is 0 Å². The van der Waals surface area contributed by atoms with Crippen LogP contribution in [-0.2, 0) is 0 Å². The van der Waals surface area contributed by atoms with E-state index in [1.54, 1.807) is 4.68 Å². The molecular weight excluding hydrogens is 128 g/mol. The van der Waals surface area contributed by atoms with Crippen molar-refractivity contribution in [2.45, 2.75) is 6.42 Å². The van der Waals surface area contributed by atoms with Gasteiger partial charge in [-0.2, -0.15) is 0 Å². The van der Waals surface area contributed by atoms with Crippen molar-refractivity contribution in [1.82, 2.24) is 4.68 Å². The van der Waals surface area contributed by atoms with E-state index in [9.17, 15) is 4.79 Å². The molecule has 0 unspecified atom stereocenters. The standard InChI is InChI=1S/C7H8N2O/c10-7-3-4-8-9-5-1-2-6(7)9/h1-2,5,8H,3-4H2. The van der Waals surface area contributed by atoms with Gasteiger partial charge in [0.15, 0.2) is 5.78 Å². The van der Waals surface area contributed by atoms with E-state index in [1.807, 2.05) is 18.3 Å². The molecule has 0 atom stereocenters. The molecule has 2 heterocycles. The summed E-state index contributed by atoms with van der Waals surface area (Å²) in [5.41, 5.74) is 3.84. The first-order chi connectivity index (χ1) is 4.88. The van der Waals surface area contributed by atoms with E-state index >= 15 is 0 Å². The second-order valence-corrected chi connectivity index (χ2v) is 2.34. The molecule has 0 spiro atoms. The van der Waals surface area contributed by atoms with Crippen molar-refractivity contribution in [3.05, 3.63) is 24.0 Å². The summed E-state index contributed by atoms with van der Waals surface area (Å²) in [7, 11) is 0. The molecule has 10 heavy (non-hydrogen) atoms. The van der Waals surface area contributed by atoms with Crippen molar-refractivity contribution in [1.29, 1.82) is 0 Å². The number of ketones is 1. The fourth-order valence-corrected chi connectivity index (χ4v) is 1.16. The summed E-state index contributed by atoms with van der Waals surface area (Å²) in [5, 5.41) is 0. The molecular formula is C7H8N2O. The lowest BCUT2D eigenvalue weighted by Gasteiger charge is -2.15. The predicted molar refractivity (Wildman–Crippen MR) is 37.6 cm³/mol. The third-order valence-electron chi connectivity index (χ3n) is 1.67. The van der Waals surface area contributed by atoms with Gasteiger partial charge < -0.3 is 5.43 Å². The first kappa shape index (κ1) is 5.53. The van der Waals surface area contributed by atoms with Gasteiger partial charge >= 0.3 is 0 Å². The number of fused-ring (bicyclic) bond motifs is 1. The Balaban J connectivity index is 2.50. The van der Waals surface area contributed by atoms with Crippen LogP contribution in [0.25, 0.3) is 0 Å². The maximum Gasteiger partial charge on any atom is 0.182 e. The average Bonchev–Trinajstić information content (AvgIpc) is 2.36. The topological polar surface area (TPSA) is 34.0 Å². The van der Waals surface area contributed by atoms with E-state index in [4.69, 9.17) is 0 Å². The van der Waals surface area contributed by atoms with Crippen molar-refractivity contribution >= 4 is 5.78 Å². The van der Waals surface area contributed by atoms with Gasteiger partial charge in [-0.15, -0.1) is 0 Å². The molecule has 0 saturated heterocycles. The minimum absolute atomic E-state index is 0.226. The highest BCUT2D eigenvalue weighted by atomic mass is 16.1. The zero-order chi connectivity index (χ0) is 6.97. The highest BCUT2D eigenvalue weighted by Crippen LogP contribution is 2.07. The fourth-order valence-electron chi connectivity index (χ4n) is 1.16. The minimum Gasteiger partial charge on any atom is -0.325 e. The zero-order valence-corrected chi connectivity index (χ0v) is 5.50. The maximum absolute atomic E-state index is 11.1. The number of nitrogens with one attached hydrogen (secondary N) is 1. The van der Waals surface area contributed by atoms with Gasteiger partial charge in [0.1, 0.15) is 5.69 Å². The van der Waals surface area contributed by atoms with Crippen molar-refractivity contribution in [2.24, 2.45) is 0 Å². The lowest BCUT2D eigenvalue weighted by molar-refractivity contribution is 0.0969.